The average molecular weight is 273 g/mol. The molecule has 0 aliphatic carbocycles. The normalized spacial score (nSPS) is 17.8. The van der Waals surface area contributed by atoms with Gasteiger partial charge in [-0.15, -0.1) is 11.3 Å². The van der Waals surface area contributed by atoms with Crippen molar-refractivity contribution >= 4 is 17.3 Å². The Hall–Kier alpha value is -1.65. The fraction of sp³-hybridized carbons (Fsp3) is 0.267. The van der Waals surface area contributed by atoms with Crippen molar-refractivity contribution in [3.63, 3.8) is 0 Å². The summed E-state index contributed by atoms with van der Waals surface area (Å²) < 4.78 is 5.35. The standard InChI is InChI=1S/C15H15NO2S/c17-15(18-10-13-6-3-7-19-13)14-8-11-4-1-2-5-12(11)9-16-14/h1-7,14,16H,8-10H2/t14-/m0/s1. The molecule has 19 heavy (non-hydrogen) atoms. The summed E-state index contributed by atoms with van der Waals surface area (Å²) in [6.07, 6.45) is 0.708. The number of rotatable bonds is 3. The number of thiophene rings is 1. The van der Waals surface area contributed by atoms with Crippen molar-refractivity contribution in [1.82, 2.24) is 5.32 Å². The molecule has 98 valence electrons. The summed E-state index contributed by atoms with van der Waals surface area (Å²) in [4.78, 5) is 13.1. The molecule has 3 nitrogen and oxygen atoms in total. The van der Waals surface area contributed by atoms with Crippen molar-refractivity contribution in [1.29, 1.82) is 0 Å². The van der Waals surface area contributed by atoms with Crippen LogP contribution in [-0.4, -0.2) is 12.0 Å². The first-order valence-corrected chi connectivity index (χ1v) is 7.20. The second-order valence-electron chi connectivity index (χ2n) is 4.59. The SMILES string of the molecule is O=C(OCc1cccs1)[C@@H]1Cc2ccccc2CN1. The van der Waals surface area contributed by atoms with Crippen LogP contribution in [0, 0.1) is 0 Å². The second kappa shape index (κ2) is 5.55. The van der Waals surface area contributed by atoms with Crippen LogP contribution in [-0.2, 0) is 29.1 Å². The largest absolute Gasteiger partial charge is 0.459 e. The Kier molecular flexibility index (Phi) is 3.62. The van der Waals surface area contributed by atoms with Crippen molar-refractivity contribution in [3.8, 4) is 0 Å². The number of hydrogen-bond donors (Lipinski definition) is 1. The van der Waals surface area contributed by atoms with E-state index in [0.717, 1.165) is 11.4 Å². The molecular formula is C15H15NO2S. The molecule has 1 aliphatic rings. The molecule has 0 amide bonds. The van der Waals surface area contributed by atoms with Crippen LogP contribution in [0.4, 0.5) is 0 Å². The third-order valence-corrected chi connectivity index (χ3v) is 4.15. The van der Waals surface area contributed by atoms with Gasteiger partial charge < -0.3 is 10.1 Å². The van der Waals surface area contributed by atoms with Crippen LogP contribution in [0.1, 0.15) is 16.0 Å². The number of benzene rings is 1. The Bertz CT molecular complexity index is 565. The molecule has 3 rings (SSSR count). The van der Waals surface area contributed by atoms with Crippen LogP contribution in [0.25, 0.3) is 0 Å². The van der Waals surface area contributed by atoms with Crippen molar-refractivity contribution < 1.29 is 9.53 Å². The molecule has 1 aromatic heterocycles. The third kappa shape index (κ3) is 2.85. The van der Waals surface area contributed by atoms with Gasteiger partial charge in [0.1, 0.15) is 12.6 Å². The zero-order valence-corrected chi connectivity index (χ0v) is 11.3. The van der Waals surface area contributed by atoms with Gasteiger partial charge in [0.15, 0.2) is 0 Å². The highest BCUT2D eigenvalue weighted by molar-refractivity contribution is 7.09. The molecule has 1 aromatic carbocycles. The van der Waals surface area contributed by atoms with Crippen LogP contribution in [0.2, 0.25) is 0 Å². The minimum Gasteiger partial charge on any atom is -0.459 e. The highest BCUT2D eigenvalue weighted by Crippen LogP contribution is 2.17. The number of nitrogens with one attached hydrogen (secondary N) is 1. The van der Waals surface area contributed by atoms with Gasteiger partial charge in [0.2, 0.25) is 0 Å². The molecule has 0 spiro atoms. The summed E-state index contributed by atoms with van der Waals surface area (Å²) in [5, 5.41) is 5.22. The smallest absolute Gasteiger partial charge is 0.323 e. The first kappa shape index (κ1) is 12.4. The molecule has 0 radical (unpaired) electrons. The molecule has 2 aromatic rings. The van der Waals surface area contributed by atoms with Crippen molar-refractivity contribution in [2.24, 2.45) is 0 Å². The molecule has 1 aliphatic heterocycles. The number of esters is 1. The Balaban J connectivity index is 1.60. The summed E-state index contributed by atoms with van der Waals surface area (Å²) in [5.41, 5.74) is 2.50. The Morgan fingerprint density at radius 3 is 2.89 bits per heavy atom. The summed E-state index contributed by atoms with van der Waals surface area (Å²) in [7, 11) is 0. The first-order chi connectivity index (χ1) is 9.33. The number of carbonyl (C=O) groups excluding carboxylic acids is 1. The van der Waals surface area contributed by atoms with Crippen molar-refractivity contribution in [2.75, 3.05) is 0 Å². The summed E-state index contributed by atoms with van der Waals surface area (Å²) in [6.45, 7) is 1.10. The molecule has 0 fully saturated rings. The Morgan fingerprint density at radius 1 is 1.26 bits per heavy atom. The molecule has 0 unspecified atom stereocenters. The van der Waals surface area contributed by atoms with Crippen LogP contribution < -0.4 is 5.32 Å². The highest BCUT2D eigenvalue weighted by atomic mass is 32.1. The highest BCUT2D eigenvalue weighted by Gasteiger charge is 2.25. The van der Waals surface area contributed by atoms with Gasteiger partial charge in [0.25, 0.3) is 0 Å². The van der Waals surface area contributed by atoms with Gasteiger partial charge in [-0.3, -0.25) is 4.79 Å². The van der Waals surface area contributed by atoms with Crippen LogP contribution in [0.15, 0.2) is 41.8 Å². The monoisotopic (exact) mass is 273 g/mol. The van der Waals surface area contributed by atoms with E-state index in [2.05, 4.69) is 17.4 Å². The van der Waals surface area contributed by atoms with E-state index in [9.17, 15) is 4.79 Å². The van der Waals surface area contributed by atoms with Gasteiger partial charge in [0.05, 0.1) is 0 Å². The lowest BCUT2D eigenvalue weighted by molar-refractivity contribution is -0.147. The van der Waals surface area contributed by atoms with Gasteiger partial charge in [-0.25, -0.2) is 0 Å². The van der Waals surface area contributed by atoms with Crippen molar-refractivity contribution in [3.05, 3.63) is 57.8 Å². The third-order valence-electron chi connectivity index (χ3n) is 3.30. The van der Waals surface area contributed by atoms with Crippen molar-refractivity contribution in [2.45, 2.75) is 25.6 Å². The van der Waals surface area contributed by atoms with Gasteiger partial charge in [-0.2, -0.15) is 0 Å². The van der Waals surface area contributed by atoms with E-state index in [1.54, 1.807) is 11.3 Å². The Labute approximate surface area is 116 Å². The quantitative estimate of drug-likeness (QED) is 0.873. The Morgan fingerprint density at radius 2 is 2.11 bits per heavy atom. The number of ether oxygens (including phenoxy) is 1. The second-order valence-corrected chi connectivity index (χ2v) is 5.63. The lowest BCUT2D eigenvalue weighted by Gasteiger charge is -2.24. The van der Waals surface area contributed by atoms with Crippen LogP contribution in [0.3, 0.4) is 0 Å². The topological polar surface area (TPSA) is 38.3 Å². The van der Waals surface area contributed by atoms with Crippen LogP contribution in [0.5, 0.6) is 0 Å². The predicted octanol–water partition coefficient (Wildman–Crippen LogP) is 2.51. The molecule has 1 atom stereocenters. The zero-order valence-electron chi connectivity index (χ0n) is 10.5. The number of hydrogen-bond acceptors (Lipinski definition) is 4. The van der Waals surface area contributed by atoms with E-state index in [-0.39, 0.29) is 12.0 Å². The van der Waals surface area contributed by atoms with E-state index in [1.807, 2.05) is 29.6 Å². The van der Waals surface area contributed by atoms with Crippen LogP contribution >= 0.6 is 11.3 Å². The summed E-state index contributed by atoms with van der Waals surface area (Å²) in [6, 6.07) is 11.9. The molecule has 0 saturated heterocycles. The molecular weight excluding hydrogens is 258 g/mol. The molecule has 4 heteroatoms. The minimum atomic E-state index is -0.227. The van der Waals surface area contributed by atoms with Gasteiger partial charge in [0, 0.05) is 11.4 Å². The maximum absolute atomic E-state index is 12.0. The first-order valence-electron chi connectivity index (χ1n) is 6.32. The molecule has 0 saturated carbocycles. The van der Waals surface area contributed by atoms with Gasteiger partial charge in [-0.05, 0) is 29.0 Å². The fourth-order valence-electron chi connectivity index (χ4n) is 2.26. The maximum Gasteiger partial charge on any atom is 0.323 e. The van der Waals surface area contributed by atoms with Gasteiger partial charge in [-0.1, -0.05) is 30.3 Å². The number of carbonyl (C=O) groups is 1. The van der Waals surface area contributed by atoms with E-state index >= 15 is 0 Å². The van der Waals surface area contributed by atoms with E-state index in [4.69, 9.17) is 4.74 Å². The maximum atomic E-state index is 12.0. The average Bonchev–Trinajstić information content (AvgIpc) is 2.97. The molecule has 2 heterocycles. The lowest BCUT2D eigenvalue weighted by Crippen LogP contribution is -2.42. The summed E-state index contributed by atoms with van der Waals surface area (Å²) >= 11 is 1.60. The fourth-order valence-corrected chi connectivity index (χ4v) is 2.87. The molecule has 0 bridgehead atoms. The minimum absolute atomic E-state index is 0.164. The predicted molar refractivity (Wildman–Crippen MR) is 74.9 cm³/mol. The lowest BCUT2D eigenvalue weighted by atomic mass is 9.96. The van der Waals surface area contributed by atoms with E-state index in [0.29, 0.717) is 13.0 Å². The van der Waals surface area contributed by atoms with E-state index < -0.39 is 0 Å². The van der Waals surface area contributed by atoms with Gasteiger partial charge >= 0.3 is 5.97 Å². The number of fused-ring (bicyclic) bond motifs is 1. The zero-order chi connectivity index (χ0) is 13.1. The molecule has 1 N–H and O–H groups in total. The summed E-state index contributed by atoms with van der Waals surface area (Å²) in [5.74, 6) is -0.164. The van der Waals surface area contributed by atoms with E-state index in [1.165, 1.54) is 11.1 Å².